The van der Waals surface area contributed by atoms with Crippen LogP contribution in [0.15, 0.2) is 24.3 Å². The van der Waals surface area contributed by atoms with Gasteiger partial charge in [-0.2, -0.15) is 0 Å². The Kier molecular flexibility index (Phi) is 12.3. The molecule has 31 heavy (non-hydrogen) atoms. The zero-order valence-corrected chi connectivity index (χ0v) is 19.7. The van der Waals surface area contributed by atoms with Gasteiger partial charge in [-0.15, -0.1) is 0 Å². The SMILES string of the molecule is CCCCCCCCCCCCOC(=O)C1CCCCC1C(=O)Oc1cccc(C)c1. The highest BCUT2D eigenvalue weighted by atomic mass is 16.5. The van der Waals surface area contributed by atoms with Crippen LogP contribution in [-0.2, 0) is 14.3 Å². The molecule has 1 aromatic rings. The Labute approximate surface area is 189 Å². The predicted molar refractivity (Wildman–Crippen MR) is 125 cm³/mol. The van der Waals surface area contributed by atoms with Crippen LogP contribution in [0.2, 0.25) is 0 Å². The minimum absolute atomic E-state index is 0.221. The number of hydrogen-bond acceptors (Lipinski definition) is 4. The van der Waals surface area contributed by atoms with Crippen LogP contribution < -0.4 is 4.74 Å². The quantitative estimate of drug-likeness (QED) is 0.178. The van der Waals surface area contributed by atoms with Crippen molar-refractivity contribution >= 4 is 11.9 Å². The number of carbonyl (C=O) groups is 2. The maximum absolute atomic E-state index is 12.7. The average Bonchev–Trinajstić information content (AvgIpc) is 2.77. The Hall–Kier alpha value is -1.84. The fraction of sp³-hybridized carbons (Fsp3) is 0.704. The van der Waals surface area contributed by atoms with Gasteiger partial charge >= 0.3 is 11.9 Å². The summed E-state index contributed by atoms with van der Waals surface area (Å²) in [5.41, 5.74) is 1.04. The monoisotopic (exact) mass is 430 g/mol. The first-order valence-corrected chi connectivity index (χ1v) is 12.6. The summed E-state index contributed by atoms with van der Waals surface area (Å²) >= 11 is 0. The number of rotatable bonds is 14. The molecular formula is C27H42O4. The average molecular weight is 431 g/mol. The Morgan fingerprint density at radius 3 is 2.03 bits per heavy atom. The van der Waals surface area contributed by atoms with Gasteiger partial charge in [-0.3, -0.25) is 9.59 Å². The van der Waals surface area contributed by atoms with Crippen molar-refractivity contribution in [2.24, 2.45) is 11.8 Å². The molecule has 1 aliphatic carbocycles. The molecule has 2 unspecified atom stereocenters. The maximum atomic E-state index is 12.7. The molecule has 4 heteroatoms. The minimum atomic E-state index is -0.394. The van der Waals surface area contributed by atoms with Crippen LogP contribution in [0.3, 0.4) is 0 Å². The van der Waals surface area contributed by atoms with Gasteiger partial charge in [0.2, 0.25) is 0 Å². The van der Waals surface area contributed by atoms with Gasteiger partial charge in [0.05, 0.1) is 18.4 Å². The smallest absolute Gasteiger partial charge is 0.315 e. The van der Waals surface area contributed by atoms with Crippen molar-refractivity contribution in [1.29, 1.82) is 0 Å². The van der Waals surface area contributed by atoms with E-state index in [1.807, 2.05) is 25.1 Å². The van der Waals surface area contributed by atoms with Gasteiger partial charge in [-0.25, -0.2) is 0 Å². The van der Waals surface area contributed by atoms with Crippen molar-refractivity contribution in [2.75, 3.05) is 6.61 Å². The molecule has 1 fully saturated rings. The molecule has 0 aromatic heterocycles. The van der Waals surface area contributed by atoms with Crippen molar-refractivity contribution in [3.63, 3.8) is 0 Å². The molecule has 0 aliphatic heterocycles. The van der Waals surface area contributed by atoms with E-state index in [2.05, 4.69) is 6.92 Å². The van der Waals surface area contributed by atoms with E-state index < -0.39 is 5.92 Å². The maximum Gasteiger partial charge on any atom is 0.315 e. The molecule has 0 bridgehead atoms. The van der Waals surface area contributed by atoms with Crippen molar-refractivity contribution < 1.29 is 19.1 Å². The topological polar surface area (TPSA) is 52.6 Å². The zero-order valence-electron chi connectivity index (χ0n) is 19.7. The summed E-state index contributed by atoms with van der Waals surface area (Å²) in [5, 5.41) is 0. The third-order valence-electron chi connectivity index (χ3n) is 6.32. The predicted octanol–water partition coefficient (Wildman–Crippen LogP) is 7.17. The normalized spacial score (nSPS) is 18.5. The van der Waals surface area contributed by atoms with E-state index in [4.69, 9.17) is 9.47 Å². The number of carbonyl (C=O) groups excluding carboxylic acids is 2. The summed E-state index contributed by atoms with van der Waals surface area (Å²) in [7, 11) is 0. The van der Waals surface area contributed by atoms with Gasteiger partial charge < -0.3 is 9.47 Å². The third kappa shape index (κ3) is 9.88. The van der Waals surface area contributed by atoms with Gasteiger partial charge in [0.1, 0.15) is 5.75 Å². The number of hydrogen-bond donors (Lipinski definition) is 0. The largest absolute Gasteiger partial charge is 0.465 e. The molecule has 0 amide bonds. The Morgan fingerprint density at radius 1 is 0.839 bits per heavy atom. The lowest BCUT2D eigenvalue weighted by Crippen LogP contribution is -2.36. The van der Waals surface area contributed by atoms with Crippen molar-refractivity contribution in [1.82, 2.24) is 0 Å². The second-order valence-electron chi connectivity index (χ2n) is 9.08. The van der Waals surface area contributed by atoms with Crippen LogP contribution in [0.1, 0.15) is 102 Å². The van der Waals surface area contributed by atoms with E-state index in [-0.39, 0.29) is 17.9 Å². The molecule has 1 aliphatic rings. The molecule has 0 radical (unpaired) electrons. The lowest BCUT2D eigenvalue weighted by molar-refractivity contribution is -0.158. The number of esters is 2. The first-order valence-electron chi connectivity index (χ1n) is 12.6. The van der Waals surface area contributed by atoms with Crippen LogP contribution in [0.25, 0.3) is 0 Å². The summed E-state index contributed by atoms with van der Waals surface area (Å²) in [6.45, 7) is 4.68. The highest BCUT2D eigenvalue weighted by Crippen LogP contribution is 2.32. The molecular weight excluding hydrogens is 388 g/mol. The Bertz CT molecular complexity index is 654. The fourth-order valence-electron chi connectivity index (χ4n) is 4.44. The summed E-state index contributed by atoms with van der Waals surface area (Å²) in [6, 6.07) is 7.47. The highest BCUT2D eigenvalue weighted by Gasteiger charge is 2.38. The zero-order chi connectivity index (χ0) is 22.3. The molecule has 174 valence electrons. The first kappa shape index (κ1) is 25.4. The van der Waals surface area contributed by atoms with E-state index in [0.29, 0.717) is 25.2 Å². The van der Waals surface area contributed by atoms with Gasteiger partial charge in [-0.1, -0.05) is 89.7 Å². The number of ether oxygens (including phenoxy) is 2. The van der Waals surface area contributed by atoms with Crippen molar-refractivity contribution in [2.45, 2.75) is 104 Å². The first-order chi connectivity index (χ1) is 15.1. The summed E-state index contributed by atoms with van der Waals surface area (Å²) < 4.78 is 11.1. The summed E-state index contributed by atoms with van der Waals surface area (Å²) in [6.07, 6.45) is 15.9. The van der Waals surface area contributed by atoms with Gasteiger partial charge in [0, 0.05) is 0 Å². The standard InChI is InChI=1S/C27H42O4/c1-3-4-5-6-7-8-9-10-11-14-20-30-26(28)24-18-12-13-19-25(24)27(29)31-23-17-15-16-22(2)21-23/h15-17,21,24-25H,3-14,18-20H2,1-2H3. The van der Waals surface area contributed by atoms with Crippen molar-refractivity contribution in [3.8, 4) is 5.75 Å². The minimum Gasteiger partial charge on any atom is -0.465 e. The van der Waals surface area contributed by atoms with E-state index in [1.54, 1.807) is 6.07 Å². The molecule has 0 N–H and O–H groups in total. The molecule has 1 aromatic carbocycles. The van der Waals surface area contributed by atoms with E-state index in [1.165, 1.54) is 51.4 Å². The van der Waals surface area contributed by atoms with E-state index in [9.17, 15) is 9.59 Å². The van der Waals surface area contributed by atoms with E-state index in [0.717, 1.165) is 31.2 Å². The van der Waals surface area contributed by atoms with Gasteiger partial charge in [0.15, 0.2) is 0 Å². The van der Waals surface area contributed by atoms with Crippen LogP contribution in [0.5, 0.6) is 5.75 Å². The molecule has 2 atom stereocenters. The lowest BCUT2D eigenvalue weighted by atomic mass is 9.79. The number of benzene rings is 1. The molecule has 1 saturated carbocycles. The second kappa shape index (κ2) is 15.0. The lowest BCUT2D eigenvalue weighted by Gasteiger charge is -2.28. The molecule has 4 nitrogen and oxygen atoms in total. The number of unbranched alkanes of at least 4 members (excludes halogenated alkanes) is 9. The number of aryl methyl sites for hydroxylation is 1. The Balaban J connectivity index is 1.64. The van der Waals surface area contributed by atoms with Crippen molar-refractivity contribution in [3.05, 3.63) is 29.8 Å². The van der Waals surface area contributed by atoms with Crippen LogP contribution >= 0.6 is 0 Å². The molecule has 0 spiro atoms. The Morgan fingerprint density at radius 2 is 1.42 bits per heavy atom. The molecule has 0 saturated heterocycles. The van der Waals surface area contributed by atoms with E-state index >= 15 is 0 Å². The molecule has 0 heterocycles. The van der Waals surface area contributed by atoms with Crippen LogP contribution in [-0.4, -0.2) is 18.5 Å². The summed E-state index contributed by atoms with van der Waals surface area (Å²) in [5.74, 6) is -0.732. The van der Waals surface area contributed by atoms with Crippen LogP contribution in [0, 0.1) is 18.8 Å². The second-order valence-corrected chi connectivity index (χ2v) is 9.08. The third-order valence-corrected chi connectivity index (χ3v) is 6.32. The van der Waals surface area contributed by atoms with Gasteiger partial charge in [-0.05, 0) is 43.9 Å². The molecule has 2 rings (SSSR count). The van der Waals surface area contributed by atoms with Crippen LogP contribution in [0.4, 0.5) is 0 Å². The summed E-state index contributed by atoms with van der Waals surface area (Å²) in [4.78, 5) is 25.4. The highest BCUT2D eigenvalue weighted by molar-refractivity contribution is 5.83. The fourth-order valence-corrected chi connectivity index (χ4v) is 4.44. The van der Waals surface area contributed by atoms with Gasteiger partial charge in [0.25, 0.3) is 0 Å².